The van der Waals surface area contributed by atoms with Gasteiger partial charge in [-0.2, -0.15) is 13.2 Å². The van der Waals surface area contributed by atoms with Gasteiger partial charge in [-0.25, -0.2) is 0 Å². The first-order chi connectivity index (χ1) is 10.9. The molecule has 1 aliphatic heterocycles. The quantitative estimate of drug-likeness (QED) is 0.814. The molecule has 2 aliphatic rings. The predicted octanol–water partition coefficient (Wildman–Crippen LogP) is 3.92. The molecule has 1 aromatic carbocycles. The number of piperazine rings is 1. The fourth-order valence-corrected chi connectivity index (χ4v) is 3.70. The van der Waals surface area contributed by atoms with E-state index in [2.05, 4.69) is 26.1 Å². The highest BCUT2D eigenvalue weighted by atomic mass is 79.9. The molecule has 2 fully saturated rings. The lowest BCUT2D eigenvalue weighted by molar-refractivity contribution is -0.138. The van der Waals surface area contributed by atoms with Crippen molar-refractivity contribution in [2.24, 2.45) is 5.92 Å². The number of benzene rings is 1. The molecule has 0 radical (unpaired) electrons. The molecule has 1 atom stereocenters. The fourth-order valence-electron chi connectivity index (χ4n) is 3.23. The first-order valence-corrected chi connectivity index (χ1v) is 8.70. The zero-order valence-corrected chi connectivity index (χ0v) is 14.3. The second-order valence-corrected chi connectivity index (χ2v) is 7.29. The highest BCUT2D eigenvalue weighted by Crippen LogP contribution is 2.46. The van der Waals surface area contributed by atoms with E-state index in [4.69, 9.17) is 0 Å². The van der Waals surface area contributed by atoms with Gasteiger partial charge < -0.3 is 10.4 Å². The third-order valence-corrected chi connectivity index (χ3v) is 5.07. The average molecular weight is 393 g/mol. The van der Waals surface area contributed by atoms with E-state index in [1.54, 1.807) is 6.07 Å². The van der Waals surface area contributed by atoms with Crippen LogP contribution in [-0.4, -0.2) is 36.2 Å². The van der Waals surface area contributed by atoms with E-state index in [0.717, 1.165) is 51.5 Å². The van der Waals surface area contributed by atoms with Gasteiger partial charge in [0.15, 0.2) is 0 Å². The summed E-state index contributed by atoms with van der Waals surface area (Å²) in [5.74, 6) is -0.0625. The van der Waals surface area contributed by atoms with Crippen molar-refractivity contribution in [1.29, 1.82) is 0 Å². The van der Waals surface area contributed by atoms with Crippen LogP contribution in [0.4, 0.5) is 13.2 Å². The molecule has 1 heterocycles. The molecule has 1 aliphatic carbocycles. The Balaban J connectivity index is 1.98. The topological polar surface area (TPSA) is 35.5 Å². The zero-order valence-electron chi connectivity index (χ0n) is 12.7. The van der Waals surface area contributed by atoms with E-state index in [0.29, 0.717) is 16.0 Å². The van der Waals surface area contributed by atoms with Gasteiger partial charge in [0, 0.05) is 42.3 Å². The largest absolute Gasteiger partial charge is 0.507 e. The number of alkyl halides is 3. The van der Waals surface area contributed by atoms with Crippen molar-refractivity contribution in [3.05, 3.63) is 27.7 Å². The van der Waals surface area contributed by atoms with Gasteiger partial charge in [-0.15, -0.1) is 0 Å². The van der Waals surface area contributed by atoms with Crippen molar-refractivity contribution in [3.8, 4) is 5.75 Å². The van der Waals surface area contributed by atoms with Gasteiger partial charge in [0.25, 0.3) is 0 Å². The van der Waals surface area contributed by atoms with E-state index in [1.807, 2.05) is 0 Å². The standard InChI is InChI=1S/C16H20BrF3N2O/c17-11-8-12(15(23)13(9-11)16(18,19)20)14(7-10-1-2-10)22-5-3-21-4-6-22/h8-10,14,21,23H,1-7H2/t14-/m1/s1. The smallest absolute Gasteiger partial charge is 0.420 e. The summed E-state index contributed by atoms with van der Waals surface area (Å²) in [6.45, 7) is 3.21. The summed E-state index contributed by atoms with van der Waals surface area (Å²) in [7, 11) is 0. The Morgan fingerprint density at radius 1 is 1.26 bits per heavy atom. The highest BCUT2D eigenvalue weighted by Gasteiger charge is 2.38. The van der Waals surface area contributed by atoms with E-state index in [1.165, 1.54) is 0 Å². The molecule has 0 unspecified atom stereocenters. The molecule has 1 saturated carbocycles. The van der Waals surface area contributed by atoms with Crippen molar-refractivity contribution >= 4 is 15.9 Å². The molecule has 23 heavy (non-hydrogen) atoms. The molecule has 0 aromatic heterocycles. The maximum Gasteiger partial charge on any atom is 0.420 e. The summed E-state index contributed by atoms with van der Waals surface area (Å²) in [5, 5.41) is 13.6. The van der Waals surface area contributed by atoms with Crippen molar-refractivity contribution in [2.75, 3.05) is 26.2 Å². The monoisotopic (exact) mass is 392 g/mol. The number of hydrogen-bond acceptors (Lipinski definition) is 3. The third-order valence-electron chi connectivity index (χ3n) is 4.61. The Hall–Kier alpha value is -0.790. The minimum Gasteiger partial charge on any atom is -0.507 e. The first-order valence-electron chi connectivity index (χ1n) is 7.90. The summed E-state index contributed by atoms with van der Waals surface area (Å²) in [6, 6.07) is 2.42. The first kappa shape index (κ1) is 17.0. The second kappa shape index (κ2) is 6.61. The second-order valence-electron chi connectivity index (χ2n) is 6.37. The van der Waals surface area contributed by atoms with Crippen molar-refractivity contribution < 1.29 is 18.3 Å². The van der Waals surface area contributed by atoms with E-state index in [-0.39, 0.29) is 6.04 Å². The van der Waals surface area contributed by atoms with Crippen molar-refractivity contribution in [1.82, 2.24) is 10.2 Å². The summed E-state index contributed by atoms with van der Waals surface area (Å²) in [5.41, 5.74) is -0.571. The van der Waals surface area contributed by atoms with Crippen molar-refractivity contribution in [2.45, 2.75) is 31.5 Å². The van der Waals surface area contributed by atoms with Crippen LogP contribution in [0.15, 0.2) is 16.6 Å². The van der Waals surface area contributed by atoms with Gasteiger partial charge in [0.1, 0.15) is 5.75 Å². The number of nitrogens with zero attached hydrogens (tertiary/aromatic N) is 1. The van der Waals surface area contributed by atoms with Crippen LogP contribution in [0.2, 0.25) is 0 Å². The average Bonchev–Trinajstić information content (AvgIpc) is 3.31. The lowest BCUT2D eigenvalue weighted by atomic mass is 9.95. The highest BCUT2D eigenvalue weighted by molar-refractivity contribution is 9.10. The Morgan fingerprint density at radius 2 is 1.91 bits per heavy atom. The predicted molar refractivity (Wildman–Crippen MR) is 85.3 cm³/mol. The zero-order chi connectivity index (χ0) is 16.6. The molecule has 128 valence electrons. The van der Waals surface area contributed by atoms with Crippen LogP contribution < -0.4 is 5.32 Å². The Bertz CT molecular complexity index is 569. The minimum absolute atomic E-state index is 0.164. The summed E-state index contributed by atoms with van der Waals surface area (Å²) in [4.78, 5) is 2.19. The lowest BCUT2D eigenvalue weighted by Gasteiger charge is -2.36. The van der Waals surface area contributed by atoms with E-state index < -0.39 is 17.5 Å². The molecule has 0 bridgehead atoms. The summed E-state index contributed by atoms with van der Waals surface area (Å²) < 4.78 is 39.9. The molecule has 7 heteroatoms. The minimum atomic E-state index is -4.56. The molecule has 3 rings (SSSR count). The number of aromatic hydroxyl groups is 1. The number of rotatable bonds is 4. The van der Waals surface area contributed by atoms with Crippen molar-refractivity contribution in [3.63, 3.8) is 0 Å². The SMILES string of the molecule is Oc1c([C@@H](CC2CC2)N2CCNCC2)cc(Br)cc1C(F)(F)F. The summed E-state index contributed by atoms with van der Waals surface area (Å²) >= 11 is 3.17. The normalized spacial score (nSPS) is 21.4. The Labute approximate surface area is 142 Å². The van der Waals surface area contributed by atoms with Crippen LogP contribution in [0.5, 0.6) is 5.75 Å². The van der Waals surface area contributed by atoms with Gasteiger partial charge in [0.05, 0.1) is 5.56 Å². The maximum atomic E-state index is 13.2. The Kier molecular flexibility index (Phi) is 4.90. The van der Waals surface area contributed by atoms with E-state index >= 15 is 0 Å². The van der Waals surface area contributed by atoms with Gasteiger partial charge in [-0.1, -0.05) is 28.8 Å². The van der Waals surface area contributed by atoms with Crippen LogP contribution in [0, 0.1) is 5.92 Å². The van der Waals surface area contributed by atoms with Gasteiger partial charge >= 0.3 is 6.18 Å². The number of nitrogens with one attached hydrogen (secondary N) is 1. The van der Waals surface area contributed by atoms with Crippen LogP contribution >= 0.6 is 15.9 Å². The van der Waals surface area contributed by atoms with E-state index in [9.17, 15) is 18.3 Å². The number of hydrogen-bond donors (Lipinski definition) is 2. The fraction of sp³-hybridized carbons (Fsp3) is 0.625. The lowest BCUT2D eigenvalue weighted by Crippen LogP contribution is -2.45. The van der Waals surface area contributed by atoms with Crippen LogP contribution in [-0.2, 0) is 6.18 Å². The Morgan fingerprint density at radius 3 is 2.48 bits per heavy atom. The molecular formula is C16H20BrF3N2O. The molecule has 3 nitrogen and oxygen atoms in total. The molecule has 2 N–H and O–H groups in total. The number of phenolic OH excluding ortho intramolecular Hbond substituents is 1. The molecule has 1 saturated heterocycles. The maximum absolute atomic E-state index is 13.2. The third kappa shape index (κ3) is 4.00. The molecule has 0 spiro atoms. The number of phenols is 1. The molecular weight excluding hydrogens is 373 g/mol. The molecule has 0 amide bonds. The van der Waals surface area contributed by atoms with Gasteiger partial charge in [-0.3, -0.25) is 4.90 Å². The van der Waals surface area contributed by atoms with Gasteiger partial charge in [-0.05, 0) is 24.5 Å². The number of halogens is 4. The van der Waals surface area contributed by atoms with Gasteiger partial charge in [0.2, 0.25) is 0 Å². The van der Waals surface area contributed by atoms with Crippen LogP contribution in [0.25, 0.3) is 0 Å². The molecule has 1 aromatic rings. The van der Waals surface area contributed by atoms with Crippen LogP contribution in [0.1, 0.15) is 36.4 Å². The summed E-state index contributed by atoms with van der Waals surface area (Å²) in [6.07, 6.45) is -1.50. The van der Waals surface area contributed by atoms with Crippen LogP contribution in [0.3, 0.4) is 0 Å².